The van der Waals surface area contributed by atoms with Crippen molar-refractivity contribution in [2.75, 3.05) is 13.2 Å². The maximum absolute atomic E-state index is 13.5. The van der Waals surface area contributed by atoms with Crippen LogP contribution in [0, 0.1) is 5.92 Å². The molecular formula is C24H21ClN4O4. The number of nitrogens with one attached hydrogen (secondary N) is 2. The van der Waals surface area contributed by atoms with Crippen LogP contribution in [0.25, 0.3) is 16.8 Å². The fourth-order valence-corrected chi connectivity index (χ4v) is 4.01. The molecule has 1 aliphatic carbocycles. The van der Waals surface area contributed by atoms with Gasteiger partial charge >= 0.3 is 6.03 Å². The summed E-state index contributed by atoms with van der Waals surface area (Å²) in [6, 6.07) is 9.82. The molecule has 1 atom stereocenters. The molecule has 2 N–H and O–H groups in total. The van der Waals surface area contributed by atoms with Crippen molar-refractivity contribution in [1.82, 2.24) is 20.2 Å². The summed E-state index contributed by atoms with van der Waals surface area (Å²) in [7, 11) is 0. The molecule has 1 saturated carbocycles. The lowest BCUT2D eigenvalue weighted by Gasteiger charge is -2.23. The number of imide groups is 1. The molecule has 3 aromatic rings. The van der Waals surface area contributed by atoms with Crippen molar-refractivity contribution in [1.29, 1.82) is 0 Å². The Morgan fingerprint density at radius 2 is 2.00 bits per heavy atom. The minimum Gasteiger partial charge on any atom is -0.493 e. The molecule has 5 rings (SSSR count). The Balaban J connectivity index is 1.63. The van der Waals surface area contributed by atoms with Gasteiger partial charge in [0.1, 0.15) is 5.75 Å². The van der Waals surface area contributed by atoms with E-state index >= 15 is 0 Å². The number of ether oxygens (including phenoxy) is 1. The topological polar surface area (TPSA) is 102 Å². The summed E-state index contributed by atoms with van der Waals surface area (Å²) in [6.45, 7) is 0.738. The summed E-state index contributed by atoms with van der Waals surface area (Å²) in [5.74, 6) is 0.0683. The van der Waals surface area contributed by atoms with E-state index in [0.29, 0.717) is 45.7 Å². The lowest BCUT2D eigenvalue weighted by molar-refractivity contribution is -0.122. The molecule has 0 bridgehead atoms. The number of halogens is 1. The molecule has 2 fully saturated rings. The zero-order chi connectivity index (χ0) is 22.9. The van der Waals surface area contributed by atoms with Crippen LogP contribution in [-0.2, 0) is 4.79 Å². The Hall–Kier alpha value is -3.65. The first-order valence-corrected chi connectivity index (χ1v) is 11.0. The van der Waals surface area contributed by atoms with Crippen LogP contribution in [0.4, 0.5) is 4.79 Å². The van der Waals surface area contributed by atoms with Crippen LogP contribution in [0.1, 0.15) is 24.3 Å². The minimum absolute atomic E-state index is 0.126. The third-order valence-electron chi connectivity index (χ3n) is 5.75. The van der Waals surface area contributed by atoms with Crippen LogP contribution >= 0.6 is 11.6 Å². The molecule has 1 aliphatic heterocycles. The van der Waals surface area contributed by atoms with Crippen molar-refractivity contribution in [3.05, 3.63) is 75.9 Å². The highest BCUT2D eigenvalue weighted by molar-refractivity contribution is 6.31. The fraction of sp³-hybridized carbons (Fsp3) is 0.250. The molecule has 8 nitrogen and oxygen atoms in total. The Bertz CT molecular complexity index is 1290. The molecule has 0 radical (unpaired) electrons. The second-order valence-electron chi connectivity index (χ2n) is 8.26. The van der Waals surface area contributed by atoms with Crippen LogP contribution < -0.4 is 20.9 Å². The van der Waals surface area contributed by atoms with E-state index in [1.54, 1.807) is 55.0 Å². The van der Waals surface area contributed by atoms with Crippen molar-refractivity contribution in [2.45, 2.75) is 18.8 Å². The number of rotatable bonds is 6. The Kier molecular flexibility index (Phi) is 5.60. The molecule has 168 valence electrons. The van der Waals surface area contributed by atoms with Gasteiger partial charge in [-0.2, -0.15) is 0 Å². The third kappa shape index (κ3) is 4.61. The van der Waals surface area contributed by atoms with Crippen LogP contribution in [-0.4, -0.2) is 34.6 Å². The van der Waals surface area contributed by atoms with E-state index in [-0.39, 0.29) is 12.1 Å². The number of carbonyl (C=O) groups is 2. The summed E-state index contributed by atoms with van der Waals surface area (Å²) in [5.41, 5.74) is 1.78. The molecule has 2 aliphatic rings. The van der Waals surface area contributed by atoms with E-state index in [1.807, 2.05) is 0 Å². The monoisotopic (exact) mass is 464 g/mol. The lowest BCUT2D eigenvalue weighted by atomic mass is 9.95. The quantitative estimate of drug-likeness (QED) is 0.583. The molecular weight excluding hydrogens is 444 g/mol. The van der Waals surface area contributed by atoms with Crippen LogP contribution in [0.3, 0.4) is 0 Å². The summed E-state index contributed by atoms with van der Waals surface area (Å²) >= 11 is 6.36. The van der Waals surface area contributed by atoms with Gasteiger partial charge in [-0.05, 0) is 66.3 Å². The van der Waals surface area contributed by atoms with Gasteiger partial charge < -0.3 is 10.1 Å². The SMILES string of the molecule is O=C1NCC(c2cc(-c3cc(Cl)cc(OCC4CC4)c3)c(=O)n(-c3cccnc3)c2)C(=O)N1. The summed E-state index contributed by atoms with van der Waals surface area (Å²) in [5, 5.41) is 5.36. The van der Waals surface area contributed by atoms with Crippen LogP contribution in [0.15, 0.2) is 59.8 Å². The van der Waals surface area contributed by atoms with Crippen molar-refractivity contribution < 1.29 is 14.3 Å². The minimum atomic E-state index is -0.658. The molecule has 1 saturated heterocycles. The number of hydrogen-bond acceptors (Lipinski definition) is 5. The predicted octanol–water partition coefficient (Wildman–Crippen LogP) is 3.26. The van der Waals surface area contributed by atoms with Crippen molar-refractivity contribution in [3.63, 3.8) is 0 Å². The first-order chi connectivity index (χ1) is 16.0. The Labute approximate surface area is 194 Å². The molecule has 1 unspecified atom stereocenters. The average Bonchev–Trinajstić information content (AvgIpc) is 3.63. The van der Waals surface area contributed by atoms with E-state index in [1.165, 1.54) is 4.57 Å². The number of pyridine rings is 2. The summed E-state index contributed by atoms with van der Waals surface area (Å²) < 4.78 is 7.34. The molecule has 2 aromatic heterocycles. The smallest absolute Gasteiger partial charge is 0.321 e. The van der Waals surface area contributed by atoms with Crippen molar-refractivity contribution in [3.8, 4) is 22.6 Å². The standard InChI is InChI=1S/C24H21ClN4O4/c25-17-6-15(7-19(9-17)33-13-14-3-4-14)20-8-16(21-11-27-24(32)28-22(21)30)12-29(23(20)31)18-2-1-5-26-10-18/h1-2,5-10,12,14,21H,3-4,11,13H2,(H2,27,28,30,32). The molecule has 3 amide bonds. The normalized spacial score (nSPS) is 17.9. The molecule has 0 spiro atoms. The van der Waals surface area contributed by atoms with Gasteiger partial charge in [-0.3, -0.25) is 24.5 Å². The van der Waals surface area contributed by atoms with Crippen LogP contribution in [0.2, 0.25) is 5.02 Å². The van der Waals surface area contributed by atoms with Gasteiger partial charge in [0.2, 0.25) is 5.91 Å². The van der Waals surface area contributed by atoms with Crippen LogP contribution in [0.5, 0.6) is 5.75 Å². The van der Waals surface area contributed by atoms with Gasteiger partial charge in [0.25, 0.3) is 5.56 Å². The maximum Gasteiger partial charge on any atom is 0.321 e. The highest BCUT2D eigenvalue weighted by atomic mass is 35.5. The van der Waals surface area contributed by atoms with Gasteiger partial charge in [0, 0.05) is 29.5 Å². The average molecular weight is 465 g/mol. The van der Waals surface area contributed by atoms with E-state index in [2.05, 4.69) is 15.6 Å². The van der Waals surface area contributed by atoms with Crippen molar-refractivity contribution in [2.24, 2.45) is 5.92 Å². The number of hydrogen-bond donors (Lipinski definition) is 2. The van der Waals surface area contributed by atoms with Gasteiger partial charge in [0.05, 0.1) is 24.4 Å². The third-order valence-corrected chi connectivity index (χ3v) is 5.97. The molecule has 1 aromatic carbocycles. The fourth-order valence-electron chi connectivity index (χ4n) is 3.79. The second kappa shape index (κ2) is 8.71. The van der Waals surface area contributed by atoms with Crippen molar-refractivity contribution >= 4 is 23.5 Å². The first-order valence-electron chi connectivity index (χ1n) is 10.7. The molecule has 3 heterocycles. The first kappa shape index (κ1) is 21.2. The molecule has 33 heavy (non-hydrogen) atoms. The Morgan fingerprint density at radius 1 is 1.15 bits per heavy atom. The Morgan fingerprint density at radius 3 is 2.73 bits per heavy atom. The van der Waals surface area contributed by atoms with Gasteiger partial charge in [0.15, 0.2) is 0 Å². The van der Waals surface area contributed by atoms with Gasteiger partial charge in [-0.15, -0.1) is 0 Å². The number of urea groups is 1. The number of nitrogens with zero attached hydrogens (tertiary/aromatic N) is 2. The summed E-state index contributed by atoms with van der Waals surface area (Å²) in [6.07, 6.45) is 7.11. The van der Waals surface area contributed by atoms with E-state index < -0.39 is 17.9 Å². The maximum atomic E-state index is 13.5. The zero-order valence-corrected chi connectivity index (χ0v) is 18.3. The number of aromatic nitrogens is 2. The largest absolute Gasteiger partial charge is 0.493 e. The lowest BCUT2D eigenvalue weighted by Crippen LogP contribution is -2.51. The predicted molar refractivity (Wildman–Crippen MR) is 123 cm³/mol. The number of amides is 3. The number of benzene rings is 1. The van der Waals surface area contributed by atoms with Gasteiger partial charge in [-0.25, -0.2) is 4.79 Å². The number of carbonyl (C=O) groups excluding carboxylic acids is 2. The highest BCUT2D eigenvalue weighted by Crippen LogP contribution is 2.32. The van der Waals surface area contributed by atoms with E-state index in [9.17, 15) is 14.4 Å². The highest BCUT2D eigenvalue weighted by Gasteiger charge is 2.29. The van der Waals surface area contributed by atoms with E-state index in [0.717, 1.165) is 12.8 Å². The second-order valence-corrected chi connectivity index (χ2v) is 8.69. The zero-order valence-electron chi connectivity index (χ0n) is 17.6. The summed E-state index contributed by atoms with van der Waals surface area (Å²) in [4.78, 5) is 41.7. The van der Waals surface area contributed by atoms with E-state index in [4.69, 9.17) is 16.3 Å². The van der Waals surface area contributed by atoms with Gasteiger partial charge in [-0.1, -0.05) is 11.6 Å². The molecule has 9 heteroatoms.